The van der Waals surface area contributed by atoms with Gasteiger partial charge >= 0.3 is 0 Å². The highest BCUT2D eigenvalue weighted by atomic mass is 15.2. The van der Waals surface area contributed by atoms with E-state index in [1.54, 1.807) is 0 Å². The van der Waals surface area contributed by atoms with Gasteiger partial charge in [-0.05, 0) is 76.7 Å². The molecule has 196 valence electrons. The summed E-state index contributed by atoms with van der Waals surface area (Å²) in [5, 5.41) is 2.47. The van der Waals surface area contributed by atoms with Gasteiger partial charge in [0.05, 0.1) is 23.5 Å². The SMILES string of the molecule is C1=CC2C(N=C1)C1=C(C=CCC1)N2c1cccc(-c2ccc(-c3ccc(-c4cccc5ccccc45)cn3)nc2)c1. The van der Waals surface area contributed by atoms with E-state index in [0.29, 0.717) is 0 Å². The van der Waals surface area contributed by atoms with Crippen LogP contribution in [-0.2, 0) is 0 Å². The zero-order chi connectivity index (χ0) is 27.2. The molecule has 3 aliphatic rings. The third kappa shape index (κ3) is 4.11. The molecule has 4 nitrogen and oxygen atoms in total. The Balaban J connectivity index is 1.07. The number of hydrogen-bond acceptors (Lipinski definition) is 4. The minimum atomic E-state index is 0.212. The number of hydrogen-bond donors (Lipinski definition) is 0. The molecule has 0 spiro atoms. The summed E-state index contributed by atoms with van der Waals surface area (Å²) in [4.78, 5) is 16.9. The van der Waals surface area contributed by atoms with E-state index in [4.69, 9.17) is 15.0 Å². The van der Waals surface area contributed by atoms with Gasteiger partial charge in [-0.25, -0.2) is 0 Å². The average molecular weight is 529 g/mol. The summed E-state index contributed by atoms with van der Waals surface area (Å²) in [6, 6.07) is 32.5. The number of anilines is 1. The fraction of sp³-hybridized carbons (Fsp3) is 0.108. The Morgan fingerprint density at radius 3 is 2.39 bits per heavy atom. The van der Waals surface area contributed by atoms with Gasteiger partial charge in [0.15, 0.2) is 0 Å². The number of allylic oxidation sites excluding steroid dienone is 3. The van der Waals surface area contributed by atoms with Gasteiger partial charge in [0, 0.05) is 41.1 Å². The number of rotatable bonds is 4. The zero-order valence-electron chi connectivity index (χ0n) is 22.6. The summed E-state index contributed by atoms with van der Waals surface area (Å²) in [5.74, 6) is 0. The molecule has 4 heterocycles. The fourth-order valence-corrected chi connectivity index (χ4v) is 6.43. The highest BCUT2D eigenvalue weighted by Crippen LogP contribution is 2.42. The van der Waals surface area contributed by atoms with Crippen LogP contribution in [0.15, 0.2) is 144 Å². The van der Waals surface area contributed by atoms with E-state index in [-0.39, 0.29) is 12.1 Å². The van der Waals surface area contributed by atoms with E-state index in [1.165, 1.54) is 33.3 Å². The monoisotopic (exact) mass is 528 g/mol. The summed E-state index contributed by atoms with van der Waals surface area (Å²) in [6.45, 7) is 0. The summed E-state index contributed by atoms with van der Waals surface area (Å²) < 4.78 is 0. The number of aromatic nitrogens is 2. The predicted octanol–water partition coefficient (Wildman–Crippen LogP) is 8.43. The second-order valence-corrected chi connectivity index (χ2v) is 10.8. The molecule has 4 heteroatoms. The van der Waals surface area contributed by atoms with Crippen LogP contribution in [0.5, 0.6) is 0 Å². The van der Waals surface area contributed by atoms with Crippen molar-refractivity contribution in [2.75, 3.05) is 4.90 Å². The fourth-order valence-electron chi connectivity index (χ4n) is 6.43. The largest absolute Gasteiger partial charge is 0.332 e. The van der Waals surface area contributed by atoms with Gasteiger partial charge in [-0.2, -0.15) is 0 Å². The Bertz CT molecular complexity index is 1890. The maximum atomic E-state index is 4.85. The number of fused-ring (bicyclic) bond motifs is 3. The van der Waals surface area contributed by atoms with Gasteiger partial charge in [0.1, 0.15) is 0 Å². The summed E-state index contributed by atoms with van der Waals surface area (Å²) in [5.41, 5.74) is 10.2. The first-order valence-corrected chi connectivity index (χ1v) is 14.2. The van der Waals surface area contributed by atoms with Crippen molar-refractivity contribution in [2.45, 2.75) is 24.9 Å². The molecule has 0 radical (unpaired) electrons. The molecule has 2 atom stereocenters. The number of pyridine rings is 2. The van der Waals surface area contributed by atoms with Crippen molar-refractivity contribution >= 4 is 22.7 Å². The van der Waals surface area contributed by atoms with Crippen LogP contribution in [0.4, 0.5) is 5.69 Å². The topological polar surface area (TPSA) is 41.4 Å². The van der Waals surface area contributed by atoms with E-state index < -0.39 is 0 Å². The van der Waals surface area contributed by atoms with Gasteiger partial charge in [-0.3, -0.25) is 15.0 Å². The number of nitrogens with zero attached hydrogens (tertiary/aromatic N) is 4. The molecule has 8 rings (SSSR count). The highest BCUT2D eigenvalue weighted by molar-refractivity contribution is 5.96. The van der Waals surface area contributed by atoms with Crippen LogP contribution >= 0.6 is 0 Å². The van der Waals surface area contributed by atoms with Crippen LogP contribution in [0.1, 0.15) is 12.8 Å². The second-order valence-electron chi connectivity index (χ2n) is 10.8. The van der Waals surface area contributed by atoms with Crippen molar-refractivity contribution in [3.63, 3.8) is 0 Å². The molecule has 0 amide bonds. The smallest absolute Gasteiger partial charge is 0.0975 e. The maximum Gasteiger partial charge on any atom is 0.0975 e. The van der Waals surface area contributed by atoms with Crippen molar-refractivity contribution in [1.82, 2.24) is 9.97 Å². The lowest BCUT2D eigenvalue weighted by Gasteiger charge is -2.30. The normalized spacial score (nSPS) is 19.1. The van der Waals surface area contributed by atoms with Crippen LogP contribution in [0.3, 0.4) is 0 Å². The molecule has 2 unspecified atom stereocenters. The Morgan fingerprint density at radius 1 is 0.732 bits per heavy atom. The summed E-state index contributed by atoms with van der Waals surface area (Å²) >= 11 is 0. The van der Waals surface area contributed by atoms with Crippen LogP contribution in [0, 0.1) is 0 Å². The van der Waals surface area contributed by atoms with Crippen LogP contribution < -0.4 is 4.90 Å². The first kappa shape index (κ1) is 23.8. The molecule has 0 saturated carbocycles. The molecule has 1 aliphatic carbocycles. The van der Waals surface area contributed by atoms with Gasteiger partial charge in [-0.1, -0.05) is 78.9 Å². The van der Waals surface area contributed by atoms with E-state index >= 15 is 0 Å². The van der Waals surface area contributed by atoms with Crippen molar-refractivity contribution in [2.24, 2.45) is 4.99 Å². The first-order chi connectivity index (χ1) is 20.3. The quantitative estimate of drug-likeness (QED) is 0.235. The molecule has 0 bridgehead atoms. The molecule has 2 aromatic heterocycles. The molecule has 0 fully saturated rings. The minimum absolute atomic E-state index is 0.212. The Hall–Kier alpha value is -5.09. The number of dihydropyridines is 1. The van der Waals surface area contributed by atoms with E-state index in [1.807, 2.05) is 18.6 Å². The van der Waals surface area contributed by atoms with Crippen molar-refractivity contribution in [3.05, 3.63) is 139 Å². The van der Waals surface area contributed by atoms with Crippen LogP contribution in [0.2, 0.25) is 0 Å². The zero-order valence-corrected chi connectivity index (χ0v) is 22.6. The molecule has 41 heavy (non-hydrogen) atoms. The summed E-state index contributed by atoms with van der Waals surface area (Å²) in [6.07, 6.45) is 16.9. The highest BCUT2D eigenvalue weighted by Gasteiger charge is 2.40. The van der Waals surface area contributed by atoms with Crippen molar-refractivity contribution in [3.8, 4) is 33.6 Å². The van der Waals surface area contributed by atoms with Crippen molar-refractivity contribution in [1.29, 1.82) is 0 Å². The minimum Gasteiger partial charge on any atom is -0.332 e. The molecule has 2 aliphatic heterocycles. The predicted molar refractivity (Wildman–Crippen MR) is 169 cm³/mol. The van der Waals surface area contributed by atoms with E-state index in [9.17, 15) is 0 Å². The third-order valence-corrected chi connectivity index (χ3v) is 8.41. The number of aliphatic imine (C=N–C) groups is 1. The standard InChI is InChI=1S/C37H28N4/c1-2-12-30-25(8-1)9-6-14-31(30)28-18-20-34(40-24-28)33-19-17-27(23-39-33)26-10-5-11-29(22-26)41-35-15-4-3-13-32(35)37-36(41)16-7-21-38-37/h1-2,4-12,14-24,36-37H,3,13H2. The number of benzene rings is 3. The van der Waals surface area contributed by atoms with E-state index in [2.05, 4.69) is 120 Å². The molecule has 3 aromatic carbocycles. The lowest BCUT2D eigenvalue weighted by atomic mass is 9.95. The lowest BCUT2D eigenvalue weighted by molar-refractivity contribution is 0.679. The molecule has 0 saturated heterocycles. The average Bonchev–Trinajstić information content (AvgIpc) is 3.39. The van der Waals surface area contributed by atoms with Gasteiger partial charge < -0.3 is 4.90 Å². The van der Waals surface area contributed by atoms with E-state index in [0.717, 1.165) is 40.9 Å². The molecular weight excluding hydrogens is 500 g/mol. The Kier molecular flexibility index (Phi) is 5.70. The summed E-state index contributed by atoms with van der Waals surface area (Å²) in [7, 11) is 0. The first-order valence-electron chi connectivity index (χ1n) is 14.2. The maximum absolute atomic E-state index is 4.85. The Labute approximate surface area is 239 Å². The molecule has 5 aromatic rings. The molecule has 0 N–H and O–H groups in total. The van der Waals surface area contributed by atoms with Crippen LogP contribution in [0.25, 0.3) is 44.4 Å². The van der Waals surface area contributed by atoms with Gasteiger partial charge in [0.25, 0.3) is 0 Å². The second kappa shape index (κ2) is 9.83. The lowest BCUT2D eigenvalue weighted by Crippen LogP contribution is -2.35. The van der Waals surface area contributed by atoms with Gasteiger partial charge in [-0.15, -0.1) is 0 Å². The Morgan fingerprint density at radius 2 is 1.54 bits per heavy atom. The van der Waals surface area contributed by atoms with Gasteiger partial charge in [0.2, 0.25) is 0 Å². The third-order valence-electron chi connectivity index (χ3n) is 8.41. The van der Waals surface area contributed by atoms with Crippen molar-refractivity contribution < 1.29 is 0 Å². The molecular formula is C37H28N4. The van der Waals surface area contributed by atoms with Crippen LogP contribution in [-0.4, -0.2) is 28.3 Å².